The standard InChI is InChI=1S/C16H17F2N/c1-2-11-3-5-12(6-4-11)7-16(19)13-8-14(17)10-15(18)9-13/h3-6,8-10,16H,2,7,19H2,1H3. The van der Waals surface area contributed by atoms with E-state index in [0.717, 1.165) is 18.1 Å². The molecule has 100 valence electrons. The van der Waals surface area contributed by atoms with Gasteiger partial charge >= 0.3 is 0 Å². The number of hydrogen-bond acceptors (Lipinski definition) is 1. The molecule has 0 aromatic heterocycles. The summed E-state index contributed by atoms with van der Waals surface area (Å²) in [7, 11) is 0. The second kappa shape index (κ2) is 5.93. The maximum absolute atomic E-state index is 13.1. The number of benzene rings is 2. The molecule has 3 heteroatoms. The fourth-order valence-electron chi connectivity index (χ4n) is 2.07. The SMILES string of the molecule is CCc1ccc(CC(N)c2cc(F)cc(F)c2)cc1. The normalized spacial score (nSPS) is 12.4. The minimum absolute atomic E-state index is 0.405. The largest absolute Gasteiger partial charge is 0.324 e. The molecule has 2 aromatic rings. The van der Waals surface area contributed by atoms with E-state index in [1.807, 2.05) is 24.3 Å². The zero-order valence-electron chi connectivity index (χ0n) is 10.9. The van der Waals surface area contributed by atoms with Crippen molar-refractivity contribution in [2.75, 3.05) is 0 Å². The van der Waals surface area contributed by atoms with Crippen LogP contribution < -0.4 is 5.73 Å². The lowest BCUT2D eigenvalue weighted by atomic mass is 9.98. The van der Waals surface area contributed by atoms with Crippen molar-refractivity contribution in [3.8, 4) is 0 Å². The van der Waals surface area contributed by atoms with Crippen LogP contribution in [0.4, 0.5) is 8.78 Å². The molecule has 0 saturated heterocycles. The van der Waals surface area contributed by atoms with E-state index < -0.39 is 17.7 Å². The predicted octanol–water partition coefficient (Wildman–Crippen LogP) is 3.77. The smallest absolute Gasteiger partial charge is 0.126 e. The molecule has 0 spiro atoms. The first-order valence-electron chi connectivity index (χ1n) is 6.38. The topological polar surface area (TPSA) is 26.0 Å². The van der Waals surface area contributed by atoms with Crippen LogP contribution in [-0.2, 0) is 12.8 Å². The van der Waals surface area contributed by atoms with Crippen molar-refractivity contribution in [3.05, 3.63) is 70.8 Å². The molecule has 0 aliphatic rings. The van der Waals surface area contributed by atoms with E-state index in [4.69, 9.17) is 5.73 Å². The van der Waals surface area contributed by atoms with E-state index in [2.05, 4.69) is 6.92 Å². The third-order valence-electron chi connectivity index (χ3n) is 3.20. The molecule has 0 amide bonds. The molecule has 0 bridgehead atoms. The molecule has 0 aliphatic carbocycles. The minimum atomic E-state index is -0.591. The Bertz CT molecular complexity index is 529. The van der Waals surface area contributed by atoms with Crippen LogP contribution in [0.2, 0.25) is 0 Å². The molecule has 0 fully saturated rings. The van der Waals surface area contributed by atoms with E-state index in [-0.39, 0.29) is 0 Å². The van der Waals surface area contributed by atoms with E-state index in [0.29, 0.717) is 12.0 Å². The van der Waals surface area contributed by atoms with Gasteiger partial charge in [0.2, 0.25) is 0 Å². The van der Waals surface area contributed by atoms with Crippen LogP contribution in [0.1, 0.15) is 29.7 Å². The Balaban J connectivity index is 2.13. The summed E-state index contributed by atoms with van der Waals surface area (Å²) in [5.41, 5.74) is 8.81. The van der Waals surface area contributed by atoms with Crippen molar-refractivity contribution in [3.63, 3.8) is 0 Å². The van der Waals surface area contributed by atoms with E-state index in [9.17, 15) is 8.78 Å². The Kier molecular flexibility index (Phi) is 4.27. The molecule has 19 heavy (non-hydrogen) atoms. The van der Waals surface area contributed by atoms with Gasteiger partial charge in [-0.1, -0.05) is 31.2 Å². The summed E-state index contributed by atoms with van der Waals surface area (Å²) in [4.78, 5) is 0. The van der Waals surface area contributed by atoms with E-state index in [1.165, 1.54) is 17.7 Å². The van der Waals surface area contributed by atoms with E-state index in [1.54, 1.807) is 0 Å². The van der Waals surface area contributed by atoms with Gasteiger partial charge in [-0.25, -0.2) is 8.78 Å². The van der Waals surface area contributed by atoms with Crippen LogP contribution >= 0.6 is 0 Å². The van der Waals surface area contributed by atoms with Gasteiger partial charge < -0.3 is 5.73 Å². The van der Waals surface area contributed by atoms with Crippen LogP contribution in [0.5, 0.6) is 0 Å². The molecule has 2 rings (SSSR count). The first-order chi connectivity index (χ1) is 9.08. The number of hydrogen-bond donors (Lipinski definition) is 1. The Morgan fingerprint density at radius 1 is 0.947 bits per heavy atom. The summed E-state index contributed by atoms with van der Waals surface area (Å²) in [5, 5.41) is 0. The van der Waals surface area contributed by atoms with E-state index >= 15 is 0 Å². The van der Waals surface area contributed by atoms with Crippen molar-refractivity contribution in [1.82, 2.24) is 0 Å². The highest BCUT2D eigenvalue weighted by atomic mass is 19.1. The van der Waals surface area contributed by atoms with Crippen molar-refractivity contribution in [1.29, 1.82) is 0 Å². The first kappa shape index (κ1) is 13.7. The molecule has 2 N–H and O–H groups in total. The van der Waals surface area contributed by atoms with Crippen molar-refractivity contribution < 1.29 is 8.78 Å². The zero-order chi connectivity index (χ0) is 13.8. The molecule has 0 aliphatic heterocycles. The molecule has 0 saturated carbocycles. The molecule has 1 nitrogen and oxygen atoms in total. The predicted molar refractivity (Wildman–Crippen MR) is 72.8 cm³/mol. The van der Waals surface area contributed by atoms with Gasteiger partial charge in [-0.05, 0) is 41.7 Å². The van der Waals surface area contributed by atoms with Crippen LogP contribution in [0.3, 0.4) is 0 Å². The highest BCUT2D eigenvalue weighted by Crippen LogP contribution is 2.19. The van der Waals surface area contributed by atoms with Crippen molar-refractivity contribution >= 4 is 0 Å². The Labute approximate surface area is 112 Å². The molecular formula is C16H17F2N. The van der Waals surface area contributed by atoms with Gasteiger partial charge in [0.25, 0.3) is 0 Å². The van der Waals surface area contributed by atoms with Gasteiger partial charge in [0.15, 0.2) is 0 Å². The zero-order valence-corrected chi connectivity index (χ0v) is 10.9. The first-order valence-corrected chi connectivity index (χ1v) is 6.38. The van der Waals surface area contributed by atoms with Gasteiger partial charge in [-0.3, -0.25) is 0 Å². The number of rotatable bonds is 4. The Hall–Kier alpha value is -1.74. The van der Waals surface area contributed by atoms with Crippen LogP contribution in [-0.4, -0.2) is 0 Å². The van der Waals surface area contributed by atoms with Crippen LogP contribution in [0, 0.1) is 11.6 Å². The van der Waals surface area contributed by atoms with Crippen molar-refractivity contribution in [2.24, 2.45) is 5.73 Å². The monoisotopic (exact) mass is 261 g/mol. The number of halogens is 2. The second-order valence-corrected chi connectivity index (χ2v) is 4.68. The molecule has 0 heterocycles. The van der Waals surface area contributed by atoms with Gasteiger partial charge in [-0.15, -0.1) is 0 Å². The number of nitrogens with two attached hydrogens (primary N) is 1. The lowest BCUT2D eigenvalue weighted by Gasteiger charge is -2.13. The summed E-state index contributed by atoms with van der Waals surface area (Å²) in [6, 6.07) is 11.1. The highest BCUT2D eigenvalue weighted by Gasteiger charge is 2.10. The summed E-state index contributed by atoms with van der Waals surface area (Å²) >= 11 is 0. The third-order valence-corrected chi connectivity index (χ3v) is 3.20. The minimum Gasteiger partial charge on any atom is -0.324 e. The highest BCUT2D eigenvalue weighted by molar-refractivity contribution is 5.27. The summed E-state index contributed by atoms with van der Waals surface area (Å²) in [6.45, 7) is 2.09. The van der Waals surface area contributed by atoms with Gasteiger partial charge in [0.1, 0.15) is 11.6 Å². The summed E-state index contributed by atoms with van der Waals surface area (Å²) in [6.07, 6.45) is 1.55. The van der Waals surface area contributed by atoms with Crippen LogP contribution in [0.25, 0.3) is 0 Å². The van der Waals surface area contributed by atoms with Gasteiger partial charge in [0.05, 0.1) is 0 Å². The lowest BCUT2D eigenvalue weighted by molar-refractivity contribution is 0.572. The van der Waals surface area contributed by atoms with Gasteiger partial charge in [0, 0.05) is 12.1 Å². The van der Waals surface area contributed by atoms with Gasteiger partial charge in [-0.2, -0.15) is 0 Å². The molecule has 1 unspecified atom stereocenters. The fourth-order valence-corrected chi connectivity index (χ4v) is 2.07. The maximum atomic E-state index is 13.1. The molecule has 0 radical (unpaired) electrons. The van der Waals surface area contributed by atoms with Crippen molar-refractivity contribution in [2.45, 2.75) is 25.8 Å². The summed E-state index contributed by atoms with van der Waals surface area (Å²) in [5.74, 6) is -1.18. The lowest BCUT2D eigenvalue weighted by Crippen LogP contribution is -2.14. The molecular weight excluding hydrogens is 244 g/mol. The molecule has 1 atom stereocenters. The van der Waals surface area contributed by atoms with Crippen LogP contribution in [0.15, 0.2) is 42.5 Å². The maximum Gasteiger partial charge on any atom is 0.126 e. The Morgan fingerprint density at radius 2 is 1.47 bits per heavy atom. The molecule has 2 aromatic carbocycles. The fraction of sp³-hybridized carbons (Fsp3) is 0.250. The quantitative estimate of drug-likeness (QED) is 0.890. The third kappa shape index (κ3) is 3.61. The average Bonchev–Trinajstić information content (AvgIpc) is 2.38. The Morgan fingerprint density at radius 3 is 2.00 bits per heavy atom. The number of aryl methyl sites for hydroxylation is 1. The summed E-state index contributed by atoms with van der Waals surface area (Å²) < 4.78 is 26.3. The average molecular weight is 261 g/mol. The second-order valence-electron chi connectivity index (χ2n) is 4.68.